The maximum absolute atomic E-state index is 4.43. The molecule has 3 rings (SSSR count). The van der Waals surface area contributed by atoms with Crippen molar-refractivity contribution < 1.29 is 0 Å². The van der Waals surface area contributed by atoms with Gasteiger partial charge in [0.05, 0.1) is 0 Å². The van der Waals surface area contributed by atoms with Crippen LogP contribution in [0, 0.1) is 0 Å². The first-order valence-corrected chi connectivity index (χ1v) is 7.08. The van der Waals surface area contributed by atoms with Gasteiger partial charge in [-0.05, 0) is 35.7 Å². The minimum absolute atomic E-state index is 0.352. The highest BCUT2D eigenvalue weighted by atomic mass is 32.1. The van der Waals surface area contributed by atoms with E-state index < -0.39 is 0 Å². The van der Waals surface area contributed by atoms with E-state index in [2.05, 4.69) is 43.8 Å². The zero-order chi connectivity index (χ0) is 13.2. The lowest BCUT2D eigenvalue weighted by molar-refractivity contribution is 0.675. The number of likely N-dealkylation sites (N-methyl/N-ethyl adjacent to an activating group) is 1. The van der Waals surface area contributed by atoms with Crippen LogP contribution in [0.1, 0.15) is 12.5 Å². The summed E-state index contributed by atoms with van der Waals surface area (Å²) in [6, 6.07) is 2.52. The molecule has 0 aliphatic carbocycles. The van der Waals surface area contributed by atoms with E-state index in [4.69, 9.17) is 0 Å². The molecule has 1 atom stereocenters. The number of nitrogens with zero attached hydrogens (tertiary/aromatic N) is 5. The molecule has 3 heterocycles. The molecule has 3 aromatic rings. The van der Waals surface area contributed by atoms with Gasteiger partial charge in [-0.1, -0.05) is 0 Å². The average Bonchev–Trinajstić information content (AvgIpc) is 3.07. The van der Waals surface area contributed by atoms with Crippen LogP contribution in [0.3, 0.4) is 0 Å². The predicted octanol–water partition coefficient (Wildman–Crippen LogP) is 2.25. The van der Waals surface area contributed by atoms with Crippen molar-refractivity contribution in [3.05, 3.63) is 41.1 Å². The van der Waals surface area contributed by atoms with Gasteiger partial charge < -0.3 is 4.90 Å². The van der Waals surface area contributed by atoms with Gasteiger partial charge in [0.2, 0.25) is 5.65 Å². The first kappa shape index (κ1) is 12.1. The molecule has 0 aliphatic rings. The molecule has 0 N–H and O–H groups in total. The van der Waals surface area contributed by atoms with Gasteiger partial charge in [0.15, 0.2) is 5.82 Å². The van der Waals surface area contributed by atoms with E-state index in [-0.39, 0.29) is 0 Å². The van der Waals surface area contributed by atoms with E-state index in [1.807, 2.05) is 17.6 Å². The maximum Gasteiger partial charge on any atom is 0.203 e. The van der Waals surface area contributed by atoms with Crippen molar-refractivity contribution in [1.29, 1.82) is 0 Å². The van der Waals surface area contributed by atoms with Crippen LogP contribution < -0.4 is 4.90 Å². The van der Waals surface area contributed by atoms with Crippen molar-refractivity contribution in [3.8, 4) is 0 Å². The SMILES string of the molecule is C[C@H](Cc1ccsc1)N(C)c1nccn2cnnc12. The minimum atomic E-state index is 0.352. The van der Waals surface area contributed by atoms with Crippen molar-refractivity contribution in [1.82, 2.24) is 19.6 Å². The Morgan fingerprint density at radius 3 is 3.16 bits per heavy atom. The van der Waals surface area contributed by atoms with Crippen LogP contribution in [0.2, 0.25) is 0 Å². The Morgan fingerprint density at radius 1 is 1.47 bits per heavy atom. The molecule has 5 nitrogen and oxygen atoms in total. The second-order valence-corrected chi connectivity index (χ2v) is 5.39. The Kier molecular flexibility index (Phi) is 3.16. The van der Waals surface area contributed by atoms with Crippen LogP contribution in [0.5, 0.6) is 0 Å². The highest BCUT2D eigenvalue weighted by Crippen LogP contribution is 2.19. The summed E-state index contributed by atoms with van der Waals surface area (Å²) in [5.41, 5.74) is 2.15. The van der Waals surface area contributed by atoms with E-state index in [0.29, 0.717) is 6.04 Å². The molecule has 0 amide bonds. The Morgan fingerprint density at radius 2 is 2.37 bits per heavy atom. The Balaban J connectivity index is 1.86. The van der Waals surface area contributed by atoms with E-state index in [9.17, 15) is 0 Å². The van der Waals surface area contributed by atoms with Gasteiger partial charge in [-0.2, -0.15) is 11.3 Å². The van der Waals surface area contributed by atoms with Crippen LogP contribution in [-0.4, -0.2) is 32.7 Å². The summed E-state index contributed by atoms with van der Waals surface area (Å²) >= 11 is 1.73. The molecule has 19 heavy (non-hydrogen) atoms. The summed E-state index contributed by atoms with van der Waals surface area (Å²) < 4.78 is 1.89. The van der Waals surface area contributed by atoms with Crippen molar-refractivity contribution in [3.63, 3.8) is 0 Å². The lowest BCUT2D eigenvalue weighted by Gasteiger charge is -2.25. The van der Waals surface area contributed by atoms with Gasteiger partial charge in [0, 0.05) is 25.5 Å². The molecule has 0 aliphatic heterocycles. The van der Waals surface area contributed by atoms with Crippen LogP contribution in [0.25, 0.3) is 5.65 Å². The number of rotatable bonds is 4. The standard InChI is InChI=1S/C13H15N5S/c1-10(7-11-3-6-19-8-11)17(2)12-13-16-15-9-18(13)5-4-14-12/h3-6,8-10H,7H2,1-2H3/t10-/m1/s1. The zero-order valence-corrected chi connectivity index (χ0v) is 11.7. The Hall–Kier alpha value is -1.95. The second-order valence-electron chi connectivity index (χ2n) is 4.61. The lowest BCUT2D eigenvalue weighted by Crippen LogP contribution is -2.31. The first-order chi connectivity index (χ1) is 9.25. The van der Waals surface area contributed by atoms with Crippen molar-refractivity contribution in [2.75, 3.05) is 11.9 Å². The average molecular weight is 273 g/mol. The normalized spacial score (nSPS) is 12.7. The fourth-order valence-electron chi connectivity index (χ4n) is 2.09. The monoisotopic (exact) mass is 273 g/mol. The van der Waals surface area contributed by atoms with E-state index in [1.165, 1.54) is 5.56 Å². The van der Waals surface area contributed by atoms with E-state index >= 15 is 0 Å². The van der Waals surface area contributed by atoms with Gasteiger partial charge in [0.25, 0.3) is 0 Å². The largest absolute Gasteiger partial charge is 0.353 e. The van der Waals surface area contributed by atoms with Crippen molar-refractivity contribution in [2.45, 2.75) is 19.4 Å². The topological polar surface area (TPSA) is 46.3 Å². The molecule has 0 spiro atoms. The molecule has 0 aromatic carbocycles. The van der Waals surface area contributed by atoms with Gasteiger partial charge in [-0.3, -0.25) is 4.40 Å². The molecule has 0 saturated carbocycles. The molecular weight excluding hydrogens is 258 g/mol. The summed E-state index contributed by atoms with van der Waals surface area (Å²) in [6.07, 6.45) is 6.32. The molecular formula is C13H15N5S. The third-order valence-electron chi connectivity index (χ3n) is 3.30. The highest BCUT2D eigenvalue weighted by molar-refractivity contribution is 7.07. The molecule has 0 bridgehead atoms. The highest BCUT2D eigenvalue weighted by Gasteiger charge is 2.16. The third-order valence-corrected chi connectivity index (χ3v) is 4.04. The molecule has 3 aromatic heterocycles. The molecule has 98 valence electrons. The molecule has 0 unspecified atom stereocenters. The molecule has 0 saturated heterocycles. The predicted molar refractivity (Wildman–Crippen MR) is 76.7 cm³/mol. The number of aromatic nitrogens is 4. The molecule has 0 radical (unpaired) electrons. The number of hydrogen-bond donors (Lipinski definition) is 0. The smallest absolute Gasteiger partial charge is 0.203 e. The van der Waals surface area contributed by atoms with Gasteiger partial charge in [0.1, 0.15) is 6.33 Å². The number of anilines is 1. The van der Waals surface area contributed by atoms with Crippen LogP contribution in [-0.2, 0) is 6.42 Å². The van der Waals surface area contributed by atoms with Crippen LogP contribution >= 0.6 is 11.3 Å². The quantitative estimate of drug-likeness (QED) is 0.731. The van der Waals surface area contributed by atoms with E-state index in [0.717, 1.165) is 17.9 Å². The fourth-order valence-corrected chi connectivity index (χ4v) is 2.77. The summed E-state index contributed by atoms with van der Waals surface area (Å²) in [5, 5.41) is 12.4. The van der Waals surface area contributed by atoms with Gasteiger partial charge in [-0.15, -0.1) is 10.2 Å². The number of thiophene rings is 1. The Bertz CT molecular complexity index is 661. The van der Waals surface area contributed by atoms with Gasteiger partial charge >= 0.3 is 0 Å². The second kappa shape index (κ2) is 4.97. The van der Waals surface area contributed by atoms with Crippen molar-refractivity contribution >= 4 is 22.8 Å². The fraction of sp³-hybridized carbons (Fsp3) is 0.308. The van der Waals surface area contributed by atoms with Gasteiger partial charge in [-0.25, -0.2) is 4.98 Å². The van der Waals surface area contributed by atoms with Crippen molar-refractivity contribution in [2.24, 2.45) is 0 Å². The number of fused-ring (bicyclic) bond motifs is 1. The summed E-state index contributed by atoms with van der Waals surface area (Å²) in [5.74, 6) is 0.864. The summed E-state index contributed by atoms with van der Waals surface area (Å²) in [4.78, 5) is 6.59. The number of hydrogen-bond acceptors (Lipinski definition) is 5. The third kappa shape index (κ3) is 2.31. The minimum Gasteiger partial charge on any atom is -0.353 e. The van der Waals surface area contributed by atoms with Crippen LogP contribution in [0.15, 0.2) is 35.5 Å². The summed E-state index contributed by atoms with van der Waals surface area (Å²) in [7, 11) is 2.05. The van der Waals surface area contributed by atoms with E-state index in [1.54, 1.807) is 23.9 Å². The zero-order valence-electron chi connectivity index (χ0n) is 10.9. The van der Waals surface area contributed by atoms with Crippen LogP contribution in [0.4, 0.5) is 5.82 Å². The first-order valence-electron chi connectivity index (χ1n) is 6.14. The molecule has 0 fully saturated rings. The lowest BCUT2D eigenvalue weighted by atomic mass is 10.1. The maximum atomic E-state index is 4.43. The molecule has 6 heteroatoms. The Labute approximate surface area is 115 Å². The summed E-state index contributed by atoms with van der Waals surface area (Å²) in [6.45, 7) is 2.19.